The van der Waals surface area contributed by atoms with E-state index in [0.717, 1.165) is 36.9 Å². The van der Waals surface area contributed by atoms with Gasteiger partial charge < -0.3 is 10.2 Å². The average molecular weight is 450 g/mol. The molecule has 1 heterocycles. The Labute approximate surface area is 177 Å². The first kappa shape index (κ1) is 21.3. The van der Waals surface area contributed by atoms with Gasteiger partial charge in [0.25, 0.3) is 5.91 Å². The number of carbonyl (C=O) groups is 2. The Hall–Kier alpha value is -1.40. The second-order valence-electron chi connectivity index (χ2n) is 8.47. The van der Waals surface area contributed by atoms with Crippen LogP contribution in [0.25, 0.3) is 0 Å². The van der Waals surface area contributed by atoms with Crippen LogP contribution in [0.4, 0.5) is 0 Å². The number of carbonyl (C=O) groups excluding carboxylic acids is 2. The van der Waals surface area contributed by atoms with Crippen LogP contribution < -0.4 is 5.32 Å². The van der Waals surface area contributed by atoms with E-state index in [1.165, 1.54) is 12.8 Å². The van der Waals surface area contributed by atoms with E-state index in [1.807, 2.05) is 29.2 Å². The predicted octanol–water partition coefficient (Wildman–Crippen LogP) is 3.54. The summed E-state index contributed by atoms with van der Waals surface area (Å²) >= 11 is 3.44. The van der Waals surface area contributed by atoms with Gasteiger partial charge in [-0.1, -0.05) is 48.7 Å². The summed E-state index contributed by atoms with van der Waals surface area (Å²) in [5.41, 5.74) is 0.713. The van der Waals surface area contributed by atoms with Gasteiger partial charge >= 0.3 is 0 Å². The molecule has 2 fully saturated rings. The van der Waals surface area contributed by atoms with Crippen LogP contribution in [0.3, 0.4) is 0 Å². The largest absolute Gasteiger partial charge is 0.354 e. The monoisotopic (exact) mass is 449 g/mol. The molecule has 2 amide bonds. The van der Waals surface area contributed by atoms with E-state index in [0.29, 0.717) is 30.5 Å². The fraction of sp³-hybridized carbons (Fsp3) is 0.636. The van der Waals surface area contributed by atoms with Crippen molar-refractivity contribution in [2.24, 2.45) is 11.8 Å². The van der Waals surface area contributed by atoms with Gasteiger partial charge in [-0.05, 0) is 42.9 Å². The smallest absolute Gasteiger partial charge is 0.253 e. The minimum Gasteiger partial charge on any atom is -0.354 e. The first-order valence-corrected chi connectivity index (χ1v) is 11.3. The lowest BCUT2D eigenvalue weighted by Gasteiger charge is -2.41. The number of piperazine rings is 1. The number of rotatable bonds is 6. The zero-order chi connectivity index (χ0) is 20.1. The molecule has 1 aliphatic carbocycles. The topological polar surface area (TPSA) is 52.7 Å². The van der Waals surface area contributed by atoms with E-state index >= 15 is 0 Å². The van der Waals surface area contributed by atoms with Crippen LogP contribution >= 0.6 is 15.9 Å². The Morgan fingerprint density at radius 1 is 1.14 bits per heavy atom. The van der Waals surface area contributed by atoms with Crippen LogP contribution in [0.15, 0.2) is 28.7 Å². The van der Waals surface area contributed by atoms with Crippen molar-refractivity contribution >= 4 is 27.7 Å². The minimum atomic E-state index is -0.0515. The molecule has 6 heteroatoms. The van der Waals surface area contributed by atoms with Crippen molar-refractivity contribution in [3.63, 3.8) is 0 Å². The Morgan fingerprint density at radius 3 is 2.43 bits per heavy atom. The first-order chi connectivity index (χ1) is 13.5. The predicted molar refractivity (Wildman–Crippen MR) is 115 cm³/mol. The van der Waals surface area contributed by atoms with Crippen LogP contribution in [-0.2, 0) is 4.79 Å². The molecule has 1 N–H and O–H groups in total. The van der Waals surface area contributed by atoms with Gasteiger partial charge in [0, 0.05) is 42.8 Å². The maximum atomic E-state index is 13.0. The van der Waals surface area contributed by atoms with Gasteiger partial charge in [-0.15, -0.1) is 0 Å². The summed E-state index contributed by atoms with van der Waals surface area (Å²) in [7, 11) is 0. The zero-order valence-corrected chi connectivity index (χ0v) is 18.6. The SMILES string of the molecule is CC(C)CNC(=O)[C@@H](C1CCCC1)N1CCN(C(=O)c2cccc(Br)c2)CC1. The van der Waals surface area contributed by atoms with Crippen LogP contribution in [0, 0.1) is 11.8 Å². The molecule has 0 unspecified atom stereocenters. The van der Waals surface area contributed by atoms with Crippen molar-refractivity contribution in [2.75, 3.05) is 32.7 Å². The van der Waals surface area contributed by atoms with Crippen molar-refractivity contribution < 1.29 is 9.59 Å². The molecule has 1 saturated heterocycles. The van der Waals surface area contributed by atoms with Gasteiger partial charge in [0.1, 0.15) is 0 Å². The number of nitrogens with one attached hydrogen (secondary N) is 1. The standard InChI is InChI=1S/C22H32BrN3O2/c1-16(2)15-24-21(27)20(17-6-3-4-7-17)25-10-12-26(13-11-25)22(28)18-8-5-9-19(23)14-18/h5,8-9,14,16-17,20H,3-4,6-7,10-13,15H2,1-2H3,(H,24,27)/t20-/m1/s1. The van der Waals surface area contributed by atoms with Gasteiger partial charge in [0.05, 0.1) is 6.04 Å². The van der Waals surface area contributed by atoms with Gasteiger partial charge in [-0.2, -0.15) is 0 Å². The van der Waals surface area contributed by atoms with E-state index in [1.54, 1.807) is 0 Å². The number of nitrogens with zero attached hydrogens (tertiary/aromatic N) is 2. The van der Waals surface area contributed by atoms with E-state index < -0.39 is 0 Å². The van der Waals surface area contributed by atoms with Crippen molar-refractivity contribution in [2.45, 2.75) is 45.6 Å². The van der Waals surface area contributed by atoms with E-state index in [-0.39, 0.29) is 17.9 Å². The Balaban J connectivity index is 1.62. The van der Waals surface area contributed by atoms with Crippen molar-refractivity contribution in [3.05, 3.63) is 34.3 Å². The highest BCUT2D eigenvalue weighted by atomic mass is 79.9. The molecule has 2 aliphatic rings. The van der Waals surface area contributed by atoms with Crippen molar-refractivity contribution in [3.8, 4) is 0 Å². The number of hydrogen-bond donors (Lipinski definition) is 1. The highest BCUT2D eigenvalue weighted by Gasteiger charge is 2.37. The molecule has 5 nitrogen and oxygen atoms in total. The molecule has 1 aliphatic heterocycles. The molecule has 0 aromatic heterocycles. The van der Waals surface area contributed by atoms with Crippen molar-refractivity contribution in [1.29, 1.82) is 0 Å². The Kier molecular flexibility index (Phi) is 7.52. The highest BCUT2D eigenvalue weighted by molar-refractivity contribution is 9.10. The Bertz CT molecular complexity index is 680. The lowest BCUT2D eigenvalue weighted by Crippen LogP contribution is -2.58. The molecular formula is C22H32BrN3O2. The average Bonchev–Trinajstić information content (AvgIpc) is 3.21. The number of hydrogen-bond acceptors (Lipinski definition) is 3. The molecule has 1 aromatic carbocycles. The van der Waals surface area contributed by atoms with Gasteiger partial charge in [-0.25, -0.2) is 0 Å². The molecule has 3 rings (SSSR count). The van der Waals surface area contributed by atoms with Crippen LogP contribution in [-0.4, -0.2) is 60.4 Å². The fourth-order valence-electron chi connectivity index (χ4n) is 4.37. The summed E-state index contributed by atoms with van der Waals surface area (Å²) in [6, 6.07) is 7.50. The molecular weight excluding hydrogens is 418 g/mol. The summed E-state index contributed by atoms with van der Waals surface area (Å²) in [5.74, 6) is 1.14. The summed E-state index contributed by atoms with van der Waals surface area (Å²) in [6.07, 6.45) is 4.72. The van der Waals surface area contributed by atoms with E-state index in [2.05, 4.69) is 40.0 Å². The lowest BCUT2D eigenvalue weighted by molar-refractivity contribution is -0.129. The third kappa shape index (κ3) is 5.35. The summed E-state index contributed by atoms with van der Waals surface area (Å²) < 4.78 is 0.917. The van der Waals surface area contributed by atoms with E-state index in [4.69, 9.17) is 0 Å². The van der Waals surface area contributed by atoms with Crippen molar-refractivity contribution in [1.82, 2.24) is 15.1 Å². The second-order valence-corrected chi connectivity index (χ2v) is 9.38. The quantitative estimate of drug-likeness (QED) is 0.722. The van der Waals surface area contributed by atoms with Crippen LogP contribution in [0.2, 0.25) is 0 Å². The van der Waals surface area contributed by atoms with Gasteiger partial charge in [0.15, 0.2) is 0 Å². The highest BCUT2D eigenvalue weighted by Crippen LogP contribution is 2.31. The molecule has 0 spiro atoms. The van der Waals surface area contributed by atoms with Crippen LogP contribution in [0.1, 0.15) is 49.9 Å². The molecule has 1 saturated carbocycles. The normalized spacial score (nSPS) is 19.8. The van der Waals surface area contributed by atoms with Gasteiger partial charge in [0.2, 0.25) is 5.91 Å². The Morgan fingerprint density at radius 2 is 1.82 bits per heavy atom. The molecule has 154 valence electrons. The summed E-state index contributed by atoms with van der Waals surface area (Å²) in [4.78, 5) is 30.0. The first-order valence-electron chi connectivity index (χ1n) is 10.5. The third-order valence-electron chi connectivity index (χ3n) is 5.87. The summed E-state index contributed by atoms with van der Waals surface area (Å²) in [6.45, 7) is 7.84. The number of amides is 2. The molecule has 1 aromatic rings. The zero-order valence-electron chi connectivity index (χ0n) is 17.0. The maximum absolute atomic E-state index is 13.0. The lowest BCUT2D eigenvalue weighted by atomic mass is 9.94. The second kappa shape index (κ2) is 9.88. The molecule has 0 radical (unpaired) electrons. The van der Waals surface area contributed by atoms with Gasteiger partial charge in [-0.3, -0.25) is 14.5 Å². The third-order valence-corrected chi connectivity index (χ3v) is 6.36. The molecule has 28 heavy (non-hydrogen) atoms. The number of benzene rings is 1. The fourth-order valence-corrected chi connectivity index (χ4v) is 4.77. The number of halogens is 1. The van der Waals surface area contributed by atoms with E-state index in [9.17, 15) is 9.59 Å². The maximum Gasteiger partial charge on any atom is 0.253 e. The molecule has 1 atom stereocenters. The molecule has 0 bridgehead atoms. The minimum absolute atomic E-state index is 0.0515. The van der Waals surface area contributed by atoms with Crippen LogP contribution in [0.5, 0.6) is 0 Å². The summed E-state index contributed by atoms with van der Waals surface area (Å²) in [5, 5.41) is 3.16.